The molecule has 0 N–H and O–H groups in total. The van der Waals surface area contributed by atoms with E-state index in [1.54, 1.807) is 31.4 Å². The molecule has 0 saturated heterocycles. The normalized spacial score (nSPS) is 11.3. The summed E-state index contributed by atoms with van der Waals surface area (Å²) in [5.74, 6) is 2.67. The number of methoxy groups -OCH3 is 1. The van der Waals surface area contributed by atoms with Crippen LogP contribution in [0.15, 0.2) is 91.0 Å². The van der Waals surface area contributed by atoms with Crippen LogP contribution < -0.4 is 18.5 Å². The first-order valence-corrected chi connectivity index (χ1v) is 15.0. The van der Waals surface area contributed by atoms with Gasteiger partial charge in [-0.2, -0.15) is 0 Å². The predicted octanol–water partition coefficient (Wildman–Crippen LogP) is 8.69. The maximum Gasteiger partial charge on any atom is 0.468 e. The highest BCUT2D eigenvalue weighted by Gasteiger charge is 2.30. The van der Waals surface area contributed by atoms with Gasteiger partial charge in [0.05, 0.1) is 0 Å². The Kier molecular flexibility index (Phi) is 9.92. The van der Waals surface area contributed by atoms with Crippen LogP contribution >= 0.6 is 7.60 Å². The van der Waals surface area contributed by atoms with Gasteiger partial charge in [0.1, 0.15) is 23.0 Å². The van der Waals surface area contributed by atoms with E-state index in [-0.39, 0.29) is 13.1 Å². The third kappa shape index (κ3) is 7.91. The lowest BCUT2D eigenvalue weighted by molar-refractivity contribution is 0.0502. The van der Waals surface area contributed by atoms with Crippen LogP contribution in [-0.2, 0) is 15.7 Å². The van der Waals surface area contributed by atoms with E-state index >= 15 is 0 Å². The first-order chi connectivity index (χ1) is 19.3. The SMILES string of the molecule is COCOc1ccc(Cc2c(C)cc(OCP(=O)(Oc3ccccc3)Oc3ccccc3)cc2C)cc1C(C)C. The zero-order valence-corrected chi connectivity index (χ0v) is 24.7. The molecule has 4 rings (SSSR count). The highest BCUT2D eigenvalue weighted by molar-refractivity contribution is 7.54. The van der Waals surface area contributed by atoms with Gasteiger partial charge in [0, 0.05) is 7.11 Å². The third-order valence-electron chi connectivity index (χ3n) is 6.44. The Hall–Kier alpha value is -3.73. The summed E-state index contributed by atoms with van der Waals surface area (Å²) in [6.45, 7) is 8.66. The molecule has 0 aromatic heterocycles. The number of benzene rings is 4. The number of aryl methyl sites for hydroxylation is 2. The lowest BCUT2D eigenvalue weighted by Gasteiger charge is -2.21. The molecule has 0 bridgehead atoms. The summed E-state index contributed by atoms with van der Waals surface area (Å²) in [4.78, 5) is 0. The smallest absolute Gasteiger partial charge is 0.468 e. The van der Waals surface area contributed by atoms with Gasteiger partial charge in [-0.1, -0.05) is 62.4 Å². The van der Waals surface area contributed by atoms with Gasteiger partial charge >= 0.3 is 7.60 Å². The molecule has 0 aliphatic carbocycles. The molecule has 0 atom stereocenters. The molecule has 6 nitrogen and oxygen atoms in total. The van der Waals surface area contributed by atoms with Crippen LogP contribution in [0.3, 0.4) is 0 Å². The summed E-state index contributed by atoms with van der Waals surface area (Å²) in [7, 11) is -2.08. The Morgan fingerprint density at radius 2 is 1.30 bits per heavy atom. The maximum absolute atomic E-state index is 13.8. The van der Waals surface area contributed by atoms with Crippen molar-refractivity contribution < 1.29 is 27.8 Å². The van der Waals surface area contributed by atoms with Crippen LogP contribution in [-0.4, -0.2) is 20.3 Å². The average Bonchev–Trinajstić information content (AvgIpc) is 2.94. The van der Waals surface area contributed by atoms with Gasteiger partial charge in [0.25, 0.3) is 0 Å². The van der Waals surface area contributed by atoms with E-state index in [0.29, 0.717) is 23.2 Å². The second kappa shape index (κ2) is 13.6. The highest BCUT2D eigenvalue weighted by atomic mass is 31.2. The van der Waals surface area contributed by atoms with Crippen LogP contribution in [0, 0.1) is 13.8 Å². The minimum atomic E-state index is -3.70. The molecule has 0 saturated carbocycles. The van der Waals surface area contributed by atoms with Crippen LogP contribution in [0.1, 0.15) is 47.6 Å². The number of hydrogen-bond donors (Lipinski definition) is 0. The number of para-hydroxylation sites is 2. The monoisotopic (exact) mass is 560 g/mol. The predicted molar refractivity (Wildman–Crippen MR) is 159 cm³/mol. The van der Waals surface area contributed by atoms with Crippen molar-refractivity contribution in [1.29, 1.82) is 0 Å². The summed E-state index contributed by atoms with van der Waals surface area (Å²) in [5, 5.41) is 0. The minimum absolute atomic E-state index is 0.221. The molecule has 210 valence electrons. The lowest BCUT2D eigenvalue weighted by Crippen LogP contribution is -2.10. The Labute approximate surface area is 237 Å². The summed E-state index contributed by atoms with van der Waals surface area (Å²) >= 11 is 0. The van der Waals surface area contributed by atoms with Crippen molar-refractivity contribution in [2.75, 3.05) is 20.3 Å². The molecule has 4 aromatic carbocycles. The molecule has 0 aliphatic heterocycles. The first kappa shape index (κ1) is 29.3. The van der Waals surface area contributed by atoms with Crippen molar-refractivity contribution in [2.24, 2.45) is 0 Å². The Bertz CT molecular complexity index is 1370. The van der Waals surface area contributed by atoms with Crippen molar-refractivity contribution in [3.05, 3.63) is 119 Å². The number of hydrogen-bond acceptors (Lipinski definition) is 6. The van der Waals surface area contributed by atoms with Crippen molar-refractivity contribution in [3.63, 3.8) is 0 Å². The molecule has 0 amide bonds. The standard InChI is InChI=1S/C33H37O6P/c1-24(2)31-20-27(16-17-33(31)36-22-35-5)21-32-25(3)18-30(19-26(32)4)37-23-40(34,38-28-12-8-6-9-13-28)39-29-14-10-7-11-15-29/h6-20,24H,21-23H2,1-5H3. The fourth-order valence-corrected chi connectivity index (χ4v) is 5.78. The van der Waals surface area contributed by atoms with Gasteiger partial charge in [-0.3, -0.25) is 0 Å². The molecule has 40 heavy (non-hydrogen) atoms. The molecule has 7 heteroatoms. The molecular formula is C33H37O6P. The summed E-state index contributed by atoms with van der Waals surface area (Å²) in [5.41, 5.74) is 5.74. The van der Waals surface area contributed by atoms with Gasteiger partial charge in [-0.05, 0) is 96.5 Å². The molecule has 0 unspecified atom stereocenters. The fraction of sp³-hybridized carbons (Fsp3) is 0.273. The van der Waals surface area contributed by atoms with Crippen molar-refractivity contribution >= 4 is 7.60 Å². The quantitative estimate of drug-likeness (QED) is 0.120. The van der Waals surface area contributed by atoms with E-state index in [9.17, 15) is 4.57 Å². The number of ether oxygens (including phenoxy) is 3. The average molecular weight is 561 g/mol. The second-order valence-electron chi connectivity index (χ2n) is 9.98. The third-order valence-corrected chi connectivity index (χ3v) is 7.87. The largest absolute Gasteiger partial charge is 0.479 e. The van der Waals surface area contributed by atoms with Crippen molar-refractivity contribution in [2.45, 2.75) is 40.0 Å². The molecule has 0 aliphatic rings. The maximum atomic E-state index is 13.8. The van der Waals surface area contributed by atoms with E-state index in [1.807, 2.05) is 54.6 Å². The second-order valence-corrected chi connectivity index (χ2v) is 11.8. The Morgan fingerprint density at radius 1 is 0.725 bits per heavy atom. The first-order valence-electron chi connectivity index (χ1n) is 13.3. The van der Waals surface area contributed by atoms with E-state index in [0.717, 1.165) is 28.9 Å². The van der Waals surface area contributed by atoms with E-state index in [1.165, 1.54) is 11.1 Å². The van der Waals surface area contributed by atoms with E-state index < -0.39 is 7.60 Å². The molecule has 0 spiro atoms. The van der Waals surface area contributed by atoms with Gasteiger partial charge in [0.15, 0.2) is 6.79 Å². The summed E-state index contributed by atoms with van der Waals surface area (Å²) < 4.78 is 42.4. The highest BCUT2D eigenvalue weighted by Crippen LogP contribution is 2.48. The van der Waals surface area contributed by atoms with Crippen LogP contribution in [0.25, 0.3) is 0 Å². The zero-order valence-electron chi connectivity index (χ0n) is 23.8. The van der Waals surface area contributed by atoms with Crippen molar-refractivity contribution in [1.82, 2.24) is 0 Å². The van der Waals surface area contributed by atoms with E-state index in [2.05, 4.69) is 39.8 Å². The van der Waals surface area contributed by atoms with Gasteiger partial charge in [0.2, 0.25) is 6.35 Å². The summed E-state index contributed by atoms with van der Waals surface area (Å²) in [6, 6.07) is 28.2. The zero-order chi connectivity index (χ0) is 28.5. The Balaban J connectivity index is 1.52. The molecule has 0 radical (unpaired) electrons. The molecule has 0 fully saturated rings. The van der Waals surface area contributed by atoms with Crippen molar-refractivity contribution in [3.8, 4) is 23.0 Å². The van der Waals surface area contributed by atoms with Crippen LogP contribution in [0.5, 0.6) is 23.0 Å². The van der Waals surface area contributed by atoms with Gasteiger partial charge in [-0.25, -0.2) is 4.57 Å². The summed E-state index contributed by atoms with van der Waals surface area (Å²) in [6.07, 6.45) is 0.532. The molecule has 0 heterocycles. The molecular weight excluding hydrogens is 523 g/mol. The van der Waals surface area contributed by atoms with Crippen LogP contribution in [0.2, 0.25) is 0 Å². The van der Waals surface area contributed by atoms with E-state index in [4.69, 9.17) is 23.3 Å². The Morgan fingerprint density at radius 3 is 1.82 bits per heavy atom. The molecule has 4 aromatic rings. The van der Waals surface area contributed by atoms with Crippen LogP contribution in [0.4, 0.5) is 0 Å². The minimum Gasteiger partial charge on any atom is -0.479 e. The number of rotatable bonds is 13. The lowest BCUT2D eigenvalue weighted by atomic mass is 9.93. The van der Waals surface area contributed by atoms with Gasteiger partial charge < -0.3 is 23.3 Å². The fourth-order valence-electron chi connectivity index (χ4n) is 4.44. The topological polar surface area (TPSA) is 63.2 Å². The van der Waals surface area contributed by atoms with Gasteiger partial charge in [-0.15, -0.1) is 0 Å².